The third-order valence-corrected chi connectivity index (χ3v) is 4.88. The quantitative estimate of drug-likeness (QED) is 0.865. The van der Waals surface area contributed by atoms with Crippen LogP contribution in [0.2, 0.25) is 0 Å². The van der Waals surface area contributed by atoms with Gasteiger partial charge in [0, 0.05) is 19.1 Å². The summed E-state index contributed by atoms with van der Waals surface area (Å²) in [6.45, 7) is 4.10. The number of nitrogens with zero attached hydrogens (tertiary/aromatic N) is 1. The summed E-state index contributed by atoms with van der Waals surface area (Å²) in [4.78, 5) is 14.9. The summed E-state index contributed by atoms with van der Waals surface area (Å²) in [5, 5.41) is 3.28. The van der Waals surface area contributed by atoms with Crippen LogP contribution in [0.5, 0.6) is 5.75 Å². The average molecular weight is 375 g/mol. The number of piperidine rings is 1. The van der Waals surface area contributed by atoms with Crippen molar-refractivity contribution in [3.63, 3.8) is 0 Å². The number of hydrogen-bond donors (Lipinski definition) is 1. The fraction of sp³-hybridized carbons (Fsp3) is 0.381. The molecule has 140 valence electrons. The van der Waals surface area contributed by atoms with E-state index >= 15 is 0 Å². The first-order valence-corrected chi connectivity index (χ1v) is 8.92. The van der Waals surface area contributed by atoms with Crippen LogP contribution in [0.3, 0.4) is 0 Å². The molecule has 1 N–H and O–H groups in total. The van der Waals surface area contributed by atoms with Gasteiger partial charge < -0.3 is 15.0 Å². The minimum atomic E-state index is 0. The minimum Gasteiger partial charge on any atom is -0.488 e. The molecule has 1 saturated heterocycles. The van der Waals surface area contributed by atoms with E-state index in [4.69, 9.17) is 4.74 Å². The third-order valence-electron chi connectivity index (χ3n) is 4.88. The second-order valence-electron chi connectivity index (χ2n) is 6.59. The van der Waals surface area contributed by atoms with Crippen molar-refractivity contribution >= 4 is 18.3 Å². The van der Waals surface area contributed by atoms with E-state index < -0.39 is 0 Å². The number of ether oxygens (including phenoxy) is 1. The molecule has 1 atom stereocenters. The molecule has 0 aromatic heterocycles. The number of carbonyl (C=O) groups is 1. The van der Waals surface area contributed by atoms with Crippen LogP contribution in [0.1, 0.15) is 34.3 Å². The lowest BCUT2D eigenvalue weighted by molar-refractivity contribution is 0.0693. The molecule has 26 heavy (non-hydrogen) atoms. The topological polar surface area (TPSA) is 41.6 Å². The Hall–Kier alpha value is -2.04. The molecule has 1 fully saturated rings. The zero-order valence-electron chi connectivity index (χ0n) is 15.4. The molecular weight excluding hydrogens is 348 g/mol. The number of halogens is 1. The first-order chi connectivity index (χ1) is 12.2. The molecule has 5 heteroatoms. The highest BCUT2D eigenvalue weighted by Crippen LogP contribution is 2.23. The Balaban J connectivity index is 0.00000243. The van der Waals surface area contributed by atoms with E-state index in [9.17, 15) is 4.79 Å². The molecule has 0 saturated carbocycles. The van der Waals surface area contributed by atoms with Gasteiger partial charge in [-0.25, -0.2) is 0 Å². The van der Waals surface area contributed by atoms with Gasteiger partial charge in [-0.3, -0.25) is 4.79 Å². The molecule has 0 bridgehead atoms. The molecule has 0 aliphatic carbocycles. The van der Waals surface area contributed by atoms with Gasteiger partial charge in [0.05, 0.1) is 5.56 Å². The lowest BCUT2D eigenvalue weighted by atomic mass is 10.0. The van der Waals surface area contributed by atoms with Gasteiger partial charge in [-0.15, -0.1) is 12.4 Å². The summed E-state index contributed by atoms with van der Waals surface area (Å²) in [7, 11) is 1.96. The molecule has 2 aromatic rings. The van der Waals surface area contributed by atoms with Gasteiger partial charge in [0.15, 0.2) is 0 Å². The van der Waals surface area contributed by atoms with Crippen molar-refractivity contribution in [2.75, 3.05) is 20.1 Å². The molecule has 1 heterocycles. The van der Waals surface area contributed by atoms with Crippen LogP contribution >= 0.6 is 12.4 Å². The molecular formula is C21H27ClN2O2. The number of hydrogen-bond acceptors (Lipinski definition) is 3. The Morgan fingerprint density at radius 2 is 1.92 bits per heavy atom. The Kier molecular flexibility index (Phi) is 7.49. The van der Waals surface area contributed by atoms with Crippen molar-refractivity contribution in [2.45, 2.75) is 32.4 Å². The second-order valence-corrected chi connectivity index (χ2v) is 6.59. The number of amides is 1. The van der Waals surface area contributed by atoms with E-state index in [1.807, 2.05) is 48.3 Å². The summed E-state index contributed by atoms with van der Waals surface area (Å²) in [6.07, 6.45) is 2.15. The van der Waals surface area contributed by atoms with Gasteiger partial charge in [-0.2, -0.15) is 0 Å². The van der Waals surface area contributed by atoms with Crippen molar-refractivity contribution in [3.05, 3.63) is 65.2 Å². The lowest BCUT2D eigenvalue weighted by Gasteiger charge is -2.33. The monoisotopic (exact) mass is 374 g/mol. The minimum absolute atomic E-state index is 0. The Morgan fingerprint density at radius 1 is 1.19 bits per heavy atom. The maximum atomic E-state index is 13.0. The lowest BCUT2D eigenvalue weighted by Crippen LogP contribution is -2.47. The Labute approximate surface area is 162 Å². The summed E-state index contributed by atoms with van der Waals surface area (Å²) < 4.78 is 6.01. The van der Waals surface area contributed by atoms with Crippen LogP contribution in [-0.2, 0) is 6.61 Å². The third kappa shape index (κ3) is 4.77. The van der Waals surface area contributed by atoms with Crippen molar-refractivity contribution in [2.24, 2.45) is 0 Å². The van der Waals surface area contributed by atoms with Crippen molar-refractivity contribution in [1.82, 2.24) is 10.2 Å². The van der Waals surface area contributed by atoms with E-state index in [-0.39, 0.29) is 18.3 Å². The smallest absolute Gasteiger partial charge is 0.257 e. The van der Waals surface area contributed by atoms with Crippen LogP contribution in [-0.4, -0.2) is 37.0 Å². The number of likely N-dealkylation sites (N-methyl/N-ethyl adjacent to an activating group) is 1. The molecule has 4 nitrogen and oxygen atoms in total. The summed E-state index contributed by atoms with van der Waals surface area (Å²) in [6, 6.07) is 16.1. The number of rotatable bonds is 5. The molecule has 1 amide bonds. The molecule has 3 rings (SSSR count). The van der Waals surface area contributed by atoms with Gasteiger partial charge in [0.25, 0.3) is 5.91 Å². The summed E-state index contributed by atoms with van der Waals surface area (Å²) in [5.74, 6) is 0.711. The fourth-order valence-electron chi connectivity index (χ4n) is 3.26. The molecule has 0 spiro atoms. The van der Waals surface area contributed by atoms with Gasteiger partial charge in [0.2, 0.25) is 0 Å². The average Bonchev–Trinajstić information content (AvgIpc) is 2.67. The number of aryl methyl sites for hydroxylation is 1. The van der Waals surface area contributed by atoms with Crippen molar-refractivity contribution in [3.8, 4) is 5.75 Å². The van der Waals surface area contributed by atoms with Gasteiger partial charge in [0.1, 0.15) is 12.4 Å². The van der Waals surface area contributed by atoms with Crippen LogP contribution < -0.4 is 10.1 Å². The van der Waals surface area contributed by atoms with Crippen LogP contribution in [0.25, 0.3) is 0 Å². The zero-order chi connectivity index (χ0) is 17.6. The maximum absolute atomic E-state index is 13.0. The van der Waals surface area contributed by atoms with Gasteiger partial charge >= 0.3 is 0 Å². The molecule has 1 unspecified atom stereocenters. The zero-order valence-corrected chi connectivity index (χ0v) is 16.2. The van der Waals surface area contributed by atoms with Gasteiger partial charge in [-0.05, 0) is 50.1 Å². The van der Waals surface area contributed by atoms with E-state index in [0.29, 0.717) is 24.0 Å². The van der Waals surface area contributed by atoms with E-state index in [1.165, 1.54) is 5.56 Å². The van der Waals surface area contributed by atoms with E-state index in [0.717, 1.165) is 31.5 Å². The van der Waals surface area contributed by atoms with Gasteiger partial charge in [-0.1, -0.05) is 36.4 Å². The first-order valence-electron chi connectivity index (χ1n) is 8.92. The van der Waals surface area contributed by atoms with E-state index in [1.54, 1.807) is 0 Å². The number of benzene rings is 2. The van der Waals surface area contributed by atoms with E-state index in [2.05, 4.69) is 24.4 Å². The summed E-state index contributed by atoms with van der Waals surface area (Å²) >= 11 is 0. The highest BCUT2D eigenvalue weighted by atomic mass is 35.5. The highest BCUT2D eigenvalue weighted by molar-refractivity contribution is 5.97. The predicted octanol–water partition coefficient (Wildman–Crippen LogP) is 3.82. The number of likely N-dealkylation sites (tertiary alicyclic amines) is 1. The summed E-state index contributed by atoms with van der Waals surface area (Å²) in [5.41, 5.74) is 2.98. The first kappa shape index (κ1) is 20.3. The normalized spacial score (nSPS) is 16.7. The second kappa shape index (κ2) is 9.60. The number of nitrogens with one attached hydrogen (secondary N) is 1. The standard InChI is InChI=1S/C21H26N2O2.ClH/c1-16-8-3-4-9-17(16)15-25-20-12-6-5-11-19(20)21(24)23-13-7-10-18(14-23)22-2;/h3-6,8-9,11-12,18,22H,7,10,13-15H2,1-2H3;1H. The molecule has 2 aromatic carbocycles. The SMILES string of the molecule is CNC1CCCN(C(=O)c2ccccc2OCc2ccccc2C)C1.Cl. The predicted molar refractivity (Wildman–Crippen MR) is 107 cm³/mol. The molecule has 0 radical (unpaired) electrons. The maximum Gasteiger partial charge on any atom is 0.257 e. The van der Waals surface area contributed by atoms with Crippen LogP contribution in [0, 0.1) is 6.92 Å². The fourth-order valence-corrected chi connectivity index (χ4v) is 3.26. The van der Waals surface area contributed by atoms with Crippen LogP contribution in [0.15, 0.2) is 48.5 Å². The molecule has 1 aliphatic rings. The van der Waals surface area contributed by atoms with Crippen LogP contribution in [0.4, 0.5) is 0 Å². The largest absolute Gasteiger partial charge is 0.488 e. The van der Waals surface area contributed by atoms with Crippen molar-refractivity contribution in [1.29, 1.82) is 0 Å². The molecule has 1 aliphatic heterocycles. The Bertz CT molecular complexity index is 735. The number of carbonyl (C=O) groups excluding carboxylic acids is 1. The number of para-hydroxylation sites is 1. The Morgan fingerprint density at radius 3 is 2.69 bits per heavy atom. The van der Waals surface area contributed by atoms with Crippen molar-refractivity contribution < 1.29 is 9.53 Å². The highest BCUT2D eigenvalue weighted by Gasteiger charge is 2.25.